The molecule has 0 saturated heterocycles. The number of rotatable bonds is 4. The minimum atomic E-state index is -4.84. The molecular formula is C14H10ClF3N2O2. The average molecular weight is 331 g/mol. The van der Waals surface area contributed by atoms with E-state index in [9.17, 15) is 18.0 Å². The van der Waals surface area contributed by atoms with Gasteiger partial charge in [-0.15, -0.1) is 13.2 Å². The van der Waals surface area contributed by atoms with Crippen LogP contribution in [0, 0.1) is 0 Å². The Kier molecular flexibility index (Phi) is 4.56. The number of ether oxygens (including phenoxy) is 1. The summed E-state index contributed by atoms with van der Waals surface area (Å²) in [6.07, 6.45) is -3.36. The number of hydrogen-bond acceptors (Lipinski definition) is 4. The Morgan fingerprint density at radius 2 is 2.00 bits per heavy atom. The molecule has 0 aliphatic carbocycles. The highest BCUT2D eigenvalue weighted by Gasteiger charge is 2.32. The molecule has 1 aromatic heterocycles. The third-order valence-electron chi connectivity index (χ3n) is 2.71. The van der Waals surface area contributed by atoms with Gasteiger partial charge in [0.15, 0.2) is 11.5 Å². The van der Waals surface area contributed by atoms with E-state index in [1.165, 1.54) is 12.3 Å². The third-order valence-corrected chi connectivity index (χ3v) is 2.93. The van der Waals surface area contributed by atoms with Crippen LogP contribution in [-0.2, 0) is 6.42 Å². The van der Waals surface area contributed by atoms with Gasteiger partial charge in [-0.25, -0.2) is 4.98 Å². The Labute approximate surface area is 128 Å². The van der Waals surface area contributed by atoms with Crippen molar-refractivity contribution in [2.45, 2.75) is 12.8 Å². The quantitative estimate of drug-likeness (QED) is 0.528. The molecular weight excluding hydrogens is 321 g/mol. The van der Waals surface area contributed by atoms with E-state index in [0.29, 0.717) is 10.7 Å². The first-order chi connectivity index (χ1) is 10.2. The smallest absolute Gasteiger partial charge is 0.404 e. The summed E-state index contributed by atoms with van der Waals surface area (Å²) in [4.78, 5) is 15.9. The van der Waals surface area contributed by atoms with Crippen LogP contribution < -0.4 is 10.5 Å². The van der Waals surface area contributed by atoms with Crippen LogP contribution in [-0.4, -0.2) is 17.1 Å². The lowest BCUT2D eigenvalue weighted by molar-refractivity contribution is -0.274. The molecule has 0 aliphatic heterocycles. The van der Waals surface area contributed by atoms with Crippen molar-refractivity contribution in [2.75, 3.05) is 5.73 Å². The zero-order valence-electron chi connectivity index (χ0n) is 11.0. The highest BCUT2D eigenvalue weighted by Crippen LogP contribution is 2.29. The van der Waals surface area contributed by atoms with Crippen LogP contribution in [0.15, 0.2) is 36.5 Å². The van der Waals surface area contributed by atoms with Crippen molar-refractivity contribution in [2.24, 2.45) is 0 Å². The molecule has 0 unspecified atom stereocenters. The number of hydrogen-bond donors (Lipinski definition) is 1. The van der Waals surface area contributed by atoms with E-state index in [4.69, 9.17) is 17.3 Å². The number of Topliss-reactive ketones (excluding diaryl/α,β-unsaturated/α-hetero) is 1. The Morgan fingerprint density at radius 1 is 1.27 bits per heavy atom. The van der Waals surface area contributed by atoms with Crippen molar-refractivity contribution in [1.29, 1.82) is 0 Å². The van der Waals surface area contributed by atoms with Crippen molar-refractivity contribution in [3.8, 4) is 5.75 Å². The van der Waals surface area contributed by atoms with Crippen molar-refractivity contribution in [3.63, 3.8) is 0 Å². The van der Waals surface area contributed by atoms with E-state index in [-0.39, 0.29) is 23.5 Å². The molecule has 0 atom stereocenters. The fourth-order valence-electron chi connectivity index (χ4n) is 1.74. The Hall–Kier alpha value is -2.28. The fourth-order valence-corrected chi connectivity index (χ4v) is 1.85. The SMILES string of the molecule is Nc1cc(C(=O)Cc2ccc(Cl)nc2)ccc1OC(F)(F)F. The van der Waals surface area contributed by atoms with Gasteiger partial charge in [-0.2, -0.15) is 0 Å². The van der Waals surface area contributed by atoms with Gasteiger partial charge in [-0.1, -0.05) is 17.7 Å². The van der Waals surface area contributed by atoms with Crippen LogP contribution in [0.25, 0.3) is 0 Å². The molecule has 0 amide bonds. The maximum atomic E-state index is 12.1. The first-order valence-electron chi connectivity index (χ1n) is 6.03. The summed E-state index contributed by atoms with van der Waals surface area (Å²) >= 11 is 5.64. The highest BCUT2D eigenvalue weighted by molar-refractivity contribution is 6.29. The van der Waals surface area contributed by atoms with Crippen LogP contribution >= 0.6 is 11.6 Å². The zero-order chi connectivity index (χ0) is 16.3. The number of carbonyl (C=O) groups is 1. The monoisotopic (exact) mass is 330 g/mol. The van der Waals surface area contributed by atoms with Crippen LogP contribution in [0.5, 0.6) is 5.75 Å². The van der Waals surface area contributed by atoms with E-state index in [1.807, 2.05) is 0 Å². The number of alkyl halides is 3. The number of ketones is 1. The molecule has 4 nitrogen and oxygen atoms in total. The largest absolute Gasteiger partial charge is 0.573 e. The molecule has 0 fully saturated rings. The summed E-state index contributed by atoms with van der Waals surface area (Å²) in [5.41, 5.74) is 6.02. The van der Waals surface area contributed by atoms with Crippen LogP contribution in [0.1, 0.15) is 15.9 Å². The highest BCUT2D eigenvalue weighted by atomic mass is 35.5. The summed E-state index contributed by atoms with van der Waals surface area (Å²) in [5.74, 6) is -0.855. The minimum absolute atomic E-state index is 0.0308. The number of carbonyl (C=O) groups excluding carboxylic acids is 1. The van der Waals surface area contributed by atoms with Crippen LogP contribution in [0.2, 0.25) is 5.15 Å². The third kappa shape index (κ3) is 4.36. The normalized spacial score (nSPS) is 11.3. The van der Waals surface area contributed by atoms with Gasteiger partial charge in [0, 0.05) is 18.2 Å². The number of pyridine rings is 1. The number of halogens is 4. The Morgan fingerprint density at radius 3 is 2.55 bits per heavy atom. The second-order valence-electron chi connectivity index (χ2n) is 4.39. The van der Waals surface area contributed by atoms with E-state index < -0.39 is 12.1 Å². The molecule has 22 heavy (non-hydrogen) atoms. The summed E-state index contributed by atoms with van der Waals surface area (Å²) in [6, 6.07) is 6.56. The van der Waals surface area contributed by atoms with Gasteiger partial charge in [0.25, 0.3) is 0 Å². The number of nitrogen functional groups attached to an aromatic ring is 1. The predicted octanol–water partition coefficient (Wildman–Crippen LogP) is 3.64. The molecule has 1 aromatic carbocycles. The maximum absolute atomic E-state index is 12.1. The summed E-state index contributed by atoms with van der Waals surface area (Å²) in [6.45, 7) is 0. The van der Waals surface area contributed by atoms with Gasteiger partial charge in [0.2, 0.25) is 0 Å². The van der Waals surface area contributed by atoms with Crippen molar-refractivity contribution in [3.05, 3.63) is 52.8 Å². The van der Waals surface area contributed by atoms with Gasteiger partial charge in [0.1, 0.15) is 5.15 Å². The predicted molar refractivity (Wildman–Crippen MR) is 74.8 cm³/mol. The van der Waals surface area contributed by atoms with E-state index in [1.54, 1.807) is 12.1 Å². The number of aromatic nitrogens is 1. The van der Waals surface area contributed by atoms with Gasteiger partial charge in [-0.3, -0.25) is 4.79 Å². The number of nitrogens with two attached hydrogens (primary N) is 1. The molecule has 2 aromatic rings. The summed E-state index contributed by atoms with van der Waals surface area (Å²) < 4.78 is 40.2. The van der Waals surface area contributed by atoms with Crippen LogP contribution in [0.3, 0.4) is 0 Å². The minimum Gasteiger partial charge on any atom is -0.404 e. The number of anilines is 1. The molecule has 0 bridgehead atoms. The molecule has 116 valence electrons. The van der Waals surface area contributed by atoms with Crippen LogP contribution in [0.4, 0.5) is 18.9 Å². The lowest BCUT2D eigenvalue weighted by Gasteiger charge is -2.11. The van der Waals surface area contributed by atoms with Gasteiger partial charge >= 0.3 is 6.36 Å². The number of benzene rings is 1. The molecule has 0 spiro atoms. The molecule has 1 heterocycles. The Balaban J connectivity index is 2.13. The summed E-state index contributed by atoms with van der Waals surface area (Å²) in [5, 5.41) is 0.300. The molecule has 0 radical (unpaired) electrons. The Bertz CT molecular complexity index is 687. The lowest BCUT2D eigenvalue weighted by Crippen LogP contribution is -2.18. The van der Waals surface area contributed by atoms with Crippen molar-refractivity contribution >= 4 is 23.1 Å². The maximum Gasteiger partial charge on any atom is 0.573 e. The van der Waals surface area contributed by atoms with Gasteiger partial charge in [0.05, 0.1) is 5.69 Å². The second-order valence-corrected chi connectivity index (χ2v) is 4.78. The standard InChI is InChI=1S/C14H10ClF3N2O2/c15-13-4-1-8(7-20-13)5-11(21)9-2-3-12(10(19)6-9)22-14(16,17)18/h1-4,6-7H,5,19H2. The first-order valence-corrected chi connectivity index (χ1v) is 6.41. The lowest BCUT2D eigenvalue weighted by atomic mass is 10.0. The van der Waals surface area contributed by atoms with Crippen molar-refractivity contribution < 1.29 is 22.7 Å². The van der Waals surface area contributed by atoms with Gasteiger partial charge < -0.3 is 10.5 Å². The van der Waals surface area contributed by atoms with Crippen molar-refractivity contribution in [1.82, 2.24) is 4.98 Å². The average Bonchev–Trinajstić information content (AvgIpc) is 2.42. The molecule has 0 aliphatic rings. The topological polar surface area (TPSA) is 65.2 Å². The van der Waals surface area contributed by atoms with E-state index in [0.717, 1.165) is 12.1 Å². The molecule has 0 saturated carbocycles. The van der Waals surface area contributed by atoms with E-state index >= 15 is 0 Å². The molecule has 8 heteroatoms. The molecule has 2 rings (SSSR count). The second kappa shape index (κ2) is 6.23. The summed E-state index contributed by atoms with van der Waals surface area (Å²) in [7, 11) is 0. The first kappa shape index (κ1) is 16.1. The fraction of sp³-hybridized carbons (Fsp3) is 0.143. The molecule has 2 N–H and O–H groups in total. The number of nitrogens with zero attached hydrogens (tertiary/aromatic N) is 1. The van der Waals surface area contributed by atoms with Gasteiger partial charge in [-0.05, 0) is 29.8 Å². The zero-order valence-corrected chi connectivity index (χ0v) is 11.8. The van der Waals surface area contributed by atoms with E-state index in [2.05, 4.69) is 9.72 Å².